The van der Waals surface area contributed by atoms with Gasteiger partial charge < -0.3 is 4.74 Å². The molecule has 25 heavy (non-hydrogen) atoms. The zero-order chi connectivity index (χ0) is 18.2. The topological polar surface area (TPSA) is 84.8 Å². The Morgan fingerprint density at radius 1 is 1.00 bits per heavy atom. The van der Waals surface area contributed by atoms with Gasteiger partial charge in [-0.1, -0.05) is 48.0 Å². The number of benzene rings is 2. The molecule has 0 aromatic heterocycles. The van der Waals surface area contributed by atoms with Crippen LogP contribution in [0.25, 0.3) is 0 Å². The Morgan fingerprint density at radius 3 is 2.24 bits per heavy atom. The molecule has 0 atom stereocenters. The highest BCUT2D eigenvalue weighted by atomic mass is 16.5. The second-order valence-electron chi connectivity index (χ2n) is 5.18. The lowest BCUT2D eigenvalue weighted by molar-refractivity contribution is -0.150. The van der Waals surface area contributed by atoms with Crippen LogP contribution in [-0.4, -0.2) is 29.9 Å². The molecular weight excluding hydrogens is 320 g/mol. The van der Waals surface area contributed by atoms with Gasteiger partial charge >= 0.3 is 5.97 Å². The van der Waals surface area contributed by atoms with Crippen molar-refractivity contribution in [1.82, 2.24) is 0 Å². The minimum atomic E-state index is -1.11. The number of carbonyl (C=O) groups excluding carboxylic acids is 3. The Bertz CT molecular complexity index is 796. The maximum atomic E-state index is 12.6. The molecule has 0 radical (unpaired) electrons. The van der Waals surface area contributed by atoms with Crippen LogP contribution in [0.5, 0.6) is 0 Å². The lowest BCUT2D eigenvalue weighted by Crippen LogP contribution is -2.33. The Hall–Kier alpha value is -3.28. The summed E-state index contributed by atoms with van der Waals surface area (Å²) in [6, 6.07) is 15.4. The molecule has 1 N–H and O–H groups in total. The van der Waals surface area contributed by atoms with E-state index in [-0.39, 0.29) is 12.2 Å². The van der Waals surface area contributed by atoms with E-state index in [0.29, 0.717) is 5.69 Å². The number of nitrogens with zero attached hydrogens (tertiary/aromatic N) is 1. The van der Waals surface area contributed by atoms with Crippen LogP contribution >= 0.6 is 0 Å². The molecule has 0 aliphatic rings. The lowest BCUT2D eigenvalue weighted by Gasteiger charge is -2.07. The molecule has 0 bridgehead atoms. The van der Waals surface area contributed by atoms with E-state index < -0.39 is 23.2 Å². The maximum Gasteiger partial charge on any atom is 0.381 e. The molecule has 0 saturated carbocycles. The van der Waals surface area contributed by atoms with Gasteiger partial charge in [-0.25, -0.2) is 4.79 Å². The molecule has 0 spiro atoms. The van der Waals surface area contributed by atoms with E-state index in [0.717, 1.165) is 5.56 Å². The summed E-state index contributed by atoms with van der Waals surface area (Å²) < 4.78 is 4.69. The summed E-state index contributed by atoms with van der Waals surface area (Å²) in [4.78, 5) is 36.7. The van der Waals surface area contributed by atoms with Crippen molar-refractivity contribution in [3.05, 3.63) is 65.7 Å². The van der Waals surface area contributed by atoms with Crippen LogP contribution in [0.1, 0.15) is 22.8 Å². The number of hydrogen-bond acceptors (Lipinski definition) is 6. The largest absolute Gasteiger partial charge is 0.460 e. The molecule has 0 aliphatic carbocycles. The minimum Gasteiger partial charge on any atom is -0.460 e. The third-order valence-corrected chi connectivity index (χ3v) is 3.28. The summed E-state index contributed by atoms with van der Waals surface area (Å²) in [5.41, 5.74) is 3.91. The average molecular weight is 338 g/mol. The molecule has 0 unspecified atom stereocenters. The van der Waals surface area contributed by atoms with Gasteiger partial charge in [-0.3, -0.25) is 15.0 Å². The Morgan fingerprint density at radius 2 is 1.64 bits per heavy atom. The summed E-state index contributed by atoms with van der Waals surface area (Å²) in [5.74, 6) is -2.85. The highest BCUT2D eigenvalue weighted by Gasteiger charge is 2.29. The number of carbonyl (C=O) groups is 3. The number of hydrazone groups is 1. The van der Waals surface area contributed by atoms with Gasteiger partial charge in [-0.05, 0) is 26.0 Å². The van der Waals surface area contributed by atoms with E-state index in [4.69, 9.17) is 4.74 Å². The Balaban J connectivity index is 2.33. The van der Waals surface area contributed by atoms with Gasteiger partial charge in [0.15, 0.2) is 5.71 Å². The summed E-state index contributed by atoms with van der Waals surface area (Å²) in [6.45, 7) is 3.48. The van der Waals surface area contributed by atoms with E-state index >= 15 is 0 Å². The predicted molar refractivity (Wildman–Crippen MR) is 94.6 cm³/mol. The van der Waals surface area contributed by atoms with Crippen molar-refractivity contribution in [1.29, 1.82) is 0 Å². The first kappa shape index (κ1) is 18.1. The molecular formula is C19H18N2O4. The molecule has 128 valence electrons. The molecule has 0 amide bonds. The first-order valence-corrected chi connectivity index (χ1v) is 7.74. The van der Waals surface area contributed by atoms with Gasteiger partial charge in [-0.2, -0.15) is 5.10 Å². The molecule has 6 heteroatoms. The van der Waals surface area contributed by atoms with Crippen LogP contribution in [0.4, 0.5) is 5.69 Å². The fourth-order valence-corrected chi connectivity index (χ4v) is 1.97. The number of aryl methyl sites for hydroxylation is 1. The highest BCUT2D eigenvalue weighted by molar-refractivity contribution is 6.80. The summed E-state index contributed by atoms with van der Waals surface area (Å²) in [5, 5.41) is 3.86. The van der Waals surface area contributed by atoms with Crippen LogP contribution in [0.3, 0.4) is 0 Å². The van der Waals surface area contributed by atoms with Gasteiger partial charge in [0.25, 0.3) is 5.78 Å². The van der Waals surface area contributed by atoms with Gasteiger partial charge in [0.1, 0.15) is 0 Å². The fraction of sp³-hybridized carbons (Fsp3) is 0.158. The van der Waals surface area contributed by atoms with Crippen molar-refractivity contribution in [3.63, 3.8) is 0 Å². The zero-order valence-electron chi connectivity index (χ0n) is 14.0. The molecule has 0 fully saturated rings. The number of Topliss-reactive ketones (excluding diaryl/α,β-unsaturated/α-hetero) is 2. The van der Waals surface area contributed by atoms with E-state index in [9.17, 15) is 14.4 Å². The van der Waals surface area contributed by atoms with E-state index in [1.54, 1.807) is 55.5 Å². The second kappa shape index (κ2) is 8.54. The second-order valence-corrected chi connectivity index (χ2v) is 5.18. The van der Waals surface area contributed by atoms with Crippen molar-refractivity contribution in [2.45, 2.75) is 13.8 Å². The fourth-order valence-electron chi connectivity index (χ4n) is 1.97. The number of esters is 1. The maximum absolute atomic E-state index is 12.6. The summed E-state index contributed by atoms with van der Waals surface area (Å²) in [6.07, 6.45) is 0. The molecule has 2 rings (SSSR count). The molecule has 0 saturated heterocycles. The van der Waals surface area contributed by atoms with Gasteiger partial charge in [0, 0.05) is 5.56 Å². The predicted octanol–water partition coefficient (Wildman–Crippen LogP) is 2.78. The summed E-state index contributed by atoms with van der Waals surface area (Å²) >= 11 is 0. The zero-order valence-corrected chi connectivity index (χ0v) is 14.0. The number of ether oxygens (including phenoxy) is 1. The molecule has 2 aromatic carbocycles. The van der Waals surface area contributed by atoms with E-state index in [1.807, 2.05) is 13.0 Å². The van der Waals surface area contributed by atoms with Crippen molar-refractivity contribution < 1.29 is 19.1 Å². The van der Waals surface area contributed by atoms with Crippen molar-refractivity contribution >= 4 is 28.9 Å². The van der Waals surface area contributed by atoms with Crippen LogP contribution in [0, 0.1) is 6.92 Å². The quantitative estimate of drug-likeness (QED) is 0.210. The van der Waals surface area contributed by atoms with Gasteiger partial charge in [0.05, 0.1) is 12.3 Å². The number of ketones is 2. The minimum absolute atomic E-state index is 0.0304. The highest BCUT2D eigenvalue weighted by Crippen LogP contribution is 2.09. The van der Waals surface area contributed by atoms with Crippen molar-refractivity contribution in [2.24, 2.45) is 5.10 Å². The third kappa shape index (κ3) is 4.84. The van der Waals surface area contributed by atoms with E-state index in [2.05, 4.69) is 10.5 Å². The lowest BCUT2D eigenvalue weighted by atomic mass is 10.0. The smallest absolute Gasteiger partial charge is 0.381 e. The van der Waals surface area contributed by atoms with Gasteiger partial charge in [0.2, 0.25) is 5.78 Å². The standard InChI is InChI=1S/C19H18N2O4/c1-3-25-19(24)18(23)16(21-20-15-7-5-4-6-8-15)17(22)14-11-9-13(2)10-12-14/h4-12,20H,3H2,1-2H3. The normalized spacial score (nSPS) is 10.9. The number of para-hydroxylation sites is 1. The van der Waals surface area contributed by atoms with Crippen molar-refractivity contribution in [2.75, 3.05) is 12.0 Å². The van der Waals surface area contributed by atoms with Crippen LogP contribution in [0.15, 0.2) is 59.7 Å². The number of nitrogens with one attached hydrogen (secondary N) is 1. The van der Waals surface area contributed by atoms with Crippen LogP contribution in [-0.2, 0) is 14.3 Å². The third-order valence-electron chi connectivity index (χ3n) is 3.28. The van der Waals surface area contributed by atoms with Crippen LogP contribution in [0.2, 0.25) is 0 Å². The Kier molecular flexibility index (Phi) is 6.17. The molecule has 0 heterocycles. The molecule has 0 aliphatic heterocycles. The number of hydrogen-bond donors (Lipinski definition) is 1. The first-order valence-electron chi connectivity index (χ1n) is 7.74. The van der Waals surface area contributed by atoms with E-state index in [1.165, 1.54) is 0 Å². The van der Waals surface area contributed by atoms with Gasteiger partial charge in [-0.15, -0.1) is 0 Å². The SMILES string of the molecule is CCOC(=O)C(=O)C(=NNc1ccccc1)C(=O)c1ccc(C)cc1. The monoisotopic (exact) mass is 338 g/mol. The molecule has 6 nitrogen and oxygen atoms in total. The average Bonchev–Trinajstić information content (AvgIpc) is 2.63. The first-order chi connectivity index (χ1) is 12.0. The summed E-state index contributed by atoms with van der Waals surface area (Å²) in [7, 11) is 0. The van der Waals surface area contributed by atoms with Crippen LogP contribution < -0.4 is 5.43 Å². The number of rotatable bonds is 7. The molecule has 2 aromatic rings. The Labute approximate surface area is 145 Å². The van der Waals surface area contributed by atoms with Crippen molar-refractivity contribution in [3.8, 4) is 0 Å². The number of anilines is 1.